The highest BCUT2D eigenvalue weighted by molar-refractivity contribution is 5.80. The molecule has 1 heterocycles. The van der Waals surface area contributed by atoms with Crippen molar-refractivity contribution in [2.75, 3.05) is 6.54 Å². The van der Waals surface area contributed by atoms with Crippen LogP contribution in [0.25, 0.3) is 0 Å². The third-order valence-electron chi connectivity index (χ3n) is 4.89. The molecule has 0 aromatic rings. The maximum Gasteiger partial charge on any atom is 0.223 e. The van der Waals surface area contributed by atoms with Gasteiger partial charge in [0.2, 0.25) is 11.8 Å². The fourth-order valence-corrected chi connectivity index (χ4v) is 3.57. The lowest BCUT2D eigenvalue weighted by Gasteiger charge is -2.38. The van der Waals surface area contributed by atoms with Crippen molar-refractivity contribution in [3.8, 4) is 0 Å². The van der Waals surface area contributed by atoms with Gasteiger partial charge in [0, 0.05) is 25.0 Å². The fourth-order valence-electron chi connectivity index (χ4n) is 3.57. The van der Waals surface area contributed by atoms with Gasteiger partial charge in [-0.1, -0.05) is 6.42 Å². The van der Waals surface area contributed by atoms with E-state index in [-0.39, 0.29) is 29.8 Å². The Bertz CT molecular complexity index is 372. The normalized spacial score (nSPS) is 34.8. The van der Waals surface area contributed by atoms with E-state index in [9.17, 15) is 9.59 Å². The monoisotopic (exact) mass is 281 g/mol. The molecule has 0 radical (unpaired) electrons. The van der Waals surface area contributed by atoms with Gasteiger partial charge in [0.1, 0.15) is 0 Å². The van der Waals surface area contributed by atoms with Crippen molar-refractivity contribution in [3.05, 3.63) is 0 Å². The molecule has 4 atom stereocenters. The zero-order valence-corrected chi connectivity index (χ0v) is 12.4. The van der Waals surface area contributed by atoms with Crippen LogP contribution in [0, 0.1) is 11.8 Å². The molecule has 1 saturated heterocycles. The number of carbonyl (C=O) groups excluding carboxylic acids is 2. The van der Waals surface area contributed by atoms with Crippen LogP contribution in [0.2, 0.25) is 0 Å². The number of likely N-dealkylation sites (tertiary alicyclic amines) is 1. The van der Waals surface area contributed by atoms with Crippen LogP contribution in [0.4, 0.5) is 0 Å². The summed E-state index contributed by atoms with van der Waals surface area (Å²) in [5.74, 6) is 0.119. The van der Waals surface area contributed by atoms with Crippen molar-refractivity contribution >= 4 is 11.8 Å². The summed E-state index contributed by atoms with van der Waals surface area (Å²) in [5.41, 5.74) is 11.4. The summed E-state index contributed by atoms with van der Waals surface area (Å²) in [4.78, 5) is 25.7. The highest BCUT2D eigenvalue weighted by Gasteiger charge is 2.33. The largest absolute Gasteiger partial charge is 0.369 e. The molecule has 0 spiro atoms. The number of carbonyl (C=O) groups is 2. The molecule has 2 fully saturated rings. The lowest BCUT2D eigenvalue weighted by atomic mass is 9.83. The molecule has 5 nitrogen and oxygen atoms in total. The summed E-state index contributed by atoms with van der Waals surface area (Å²) in [5, 5.41) is 0. The predicted octanol–water partition coefficient (Wildman–Crippen LogP) is 1.01. The minimum atomic E-state index is -0.283. The molecular formula is C15H27N3O2. The summed E-state index contributed by atoms with van der Waals surface area (Å²) in [6, 6.07) is 0.467. The second kappa shape index (κ2) is 6.57. The third-order valence-corrected chi connectivity index (χ3v) is 4.89. The molecule has 20 heavy (non-hydrogen) atoms. The van der Waals surface area contributed by atoms with Crippen LogP contribution in [0.15, 0.2) is 0 Å². The maximum absolute atomic E-state index is 12.5. The summed E-state index contributed by atoms with van der Waals surface area (Å²) in [6.45, 7) is 2.55. The van der Waals surface area contributed by atoms with Gasteiger partial charge in [0.25, 0.3) is 0 Å². The lowest BCUT2D eigenvalue weighted by molar-refractivity contribution is -0.138. The predicted molar refractivity (Wildman–Crippen MR) is 77.6 cm³/mol. The van der Waals surface area contributed by atoms with Crippen molar-refractivity contribution < 1.29 is 9.59 Å². The van der Waals surface area contributed by atoms with Gasteiger partial charge in [-0.05, 0) is 44.9 Å². The second-order valence-corrected chi connectivity index (χ2v) is 6.57. The number of nitrogens with zero attached hydrogens (tertiary/aromatic N) is 1. The Hall–Kier alpha value is -1.10. The molecule has 114 valence electrons. The van der Waals surface area contributed by atoms with Gasteiger partial charge >= 0.3 is 0 Å². The molecule has 2 amide bonds. The first-order valence-electron chi connectivity index (χ1n) is 7.81. The van der Waals surface area contributed by atoms with Gasteiger partial charge in [-0.2, -0.15) is 0 Å². The Morgan fingerprint density at radius 2 is 1.95 bits per heavy atom. The minimum Gasteiger partial charge on any atom is -0.369 e. The minimum absolute atomic E-state index is 0.169. The van der Waals surface area contributed by atoms with Crippen molar-refractivity contribution in [2.24, 2.45) is 23.3 Å². The first-order chi connectivity index (χ1) is 9.47. The van der Waals surface area contributed by atoms with Gasteiger partial charge in [0.15, 0.2) is 0 Å². The van der Waals surface area contributed by atoms with E-state index in [4.69, 9.17) is 11.5 Å². The van der Waals surface area contributed by atoms with Crippen molar-refractivity contribution in [2.45, 2.75) is 64.0 Å². The van der Waals surface area contributed by atoms with Gasteiger partial charge in [-0.3, -0.25) is 9.59 Å². The molecule has 4 unspecified atom stereocenters. The number of rotatable bonds is 3. The Kier molecular flexibility index (Phi) is 5.02. The number of hydrogen-bond acceptors (Lipinski definition) is 3. The standard InChI is InChI=1S/C15H27N3O2/c1-10-5-6-12(15(17)20)9-18(10)14(19)8-11-3-2-4-13(16)7-11/h10-13H,2-9,16H2,1H3,(H2,17,20). The molecule has 5 heteroatoms. The Morgan fingerprint density at radius 3 is 2.60 bits per heavy atom. The fraction of sp³-hybridized carbons (Fsp3) is 0.867. The van der Waals surface area contributed by atoms with Gasteiger partial charge in [-0.25, -0.2) is 0 Å². The van der Waals surface area contributed by atoms with Crippen molar-refractivity contribution in [1.29, 1.82) is 0 Å². The zero-order valence-electron chi connectivity index (χ0n) is 12.4. The number of nitrogens with two attached hydrogens (primary N) is 2. The topological polar surface area (TPSA) is 89.4 Å². The van der Waals surface area contributed by atoms with E-state index in [1.54, 1.807) is 0 Å². The Labute approximate surface area is 121 Å². The number of hydrogen-bond donors (Lipinski definition) is 2. The quantitative estimate of drug-likeness (QED) is 0.809. The first kappa shape index (κ1) is 15.3. The molecule has 2 rings (SSSR count). The molecule has 2 aliphatic rings. The molecule has 1 aliphatic carbocycles. The molecule has 0 aromatic carbocycles. The number of amides is 2. The molecular weight excluding hydrogens is 254 g/mol. The van der Waals surface area contributed by atoms with Crippen LogP contribution in [-0.2, 0) is 9.59 Å². The summed E-state index contributed by atoms with van der Waals surface area (Å²) in [6.07, 6.45) is 6.49. The van der Waals surface area contributed by atoms with Crippen molar-refractivity contribution in [3.63, 3.8) is 0 Å². The van der Waals surface area contributed by atoms with Crippen LogP contribution in [0.1, 0.15) is 51.9 Å². The van der Waals surface area contributed by atoms with E-state index in [2.05, 4.69) is 6.92 Å². The average Bonchev–Trinajstić information content (AvgIpc) is 2.38. The highest BCUT2D eigenvalue weighted by Crippen LogP contribution is 2.28. The van der Waals surface area contributed by atoms with E-state index in [1.165, 1.54) is 0 Å². The molecule has 0 aromatic heterocycles. The van der Waals surface area contributed by atoms with E-state index in [0.717, 1.165) is 38.5 Å². The van der Waals surface area contributed by atoms with E-state index in [1.807, 2.05) is 4.90 Å². The number of primary amides is 1. The summed E-state index contributed by atoms with van der Waals surface area (Å²) < 4.78 is 0. The van der Waals surface area contributed by atoms with Gasteiger partial charge in [-0.15, -0.1) is 0 Å². The molecule has 1 saturated carbocycles. The van der Waals surface area contributed by atoms with Crippen LogP contribution in [-0.4, -0.2) is 35.3 Å². The number of piperidine rings is 1. The Morgan fingerprint density at radius 1 is 1.20 bits per heavy atom. The maximum atomic E-state index is 12.5. The third kappa shape index (κ3) is 3.72. The van der Waals surface area contributed by atoms with E-state index < -0.39 is 0 Å². The average molecular weight is 281 g/mol. The smallest absolute Gasteiger partial charge is 0.223 e. The summed E-state index contributed by atoms with van der Waals surface area (Å²) in [7, 11) is 0. The van der Waals surface area contributed by atoms with E-state index in [0.29, 0.717) is 18.9 Å². The SMILES string of the molecule is CC1CCC(C(N)=O)CN1C(=O)CC1CCCC(N)C1. The molecule has 1 aliphatic heterocycles. The first-order valence-corrected chi connectivity index (χ1v) is 7.81. The van der Waals surface area contributed by atoms with Crippen LogP contribution < -0.4 is 11.5 Å². The van der Waals surface area contributed by atoms with E-state index >= 15 is 0 Å². The Balaban J connectivity index is 1.91. The van der Waals surface area contributed by atoms with Crippen LogP contribution in [0.3, 0.4) is 0 Å². The van der Waals surface area contributed by atoms with Gasteiger partial charge in [0.05, 0.1) is 5.92 Å². The second-order valence-electron chi connectivity index (χ2n) is 6.57. The van der Waals surface area contributed by atoms with Crippen LogP contribution >= 0.6 is 0 Å². The molecule has 0 bridgehead atoms. The molecule has 4 N–H and O–H groups in total. The zero-order chi connectivity index (χ0) is 14.7. The van der Waals surface area contributed by atoms with Crippen molar-refractivity contribution in [1.82, 2.24) is 4.90 Å². The highest BCUT2D eigenvalue weighted by atomic mass is 16.2. The van der Waals surface area contributed by atoms with Crippen LogP contribution in [0.5, 0.6) is 0 Å². The summed E-state index contributed by atoms with van der Waals surface area (Å²) >= 11 is 0. The lowest BCUT2D eigenvalue weighted by Crippen LogP contribution is -2.49. The van der Waals surface area contributed by atoms with Gasteiger partial charge < -0.3 is 16.4 Å².